The molecule has 9 rings (SSSR count). The van der Waals surface area contributed by atoms with Crippen molar-refractivity contribution in [3.63, 3.8) is 0 Å². The van der Waals surface area contributed by atoms with Gasteiger partial charge in [-0.05, 0) is 160 Å². The predicted molar refractivity (Wildman–Crippen MR) is 367 cm³/mol. The smallest absolute Gasteiger partial charge is 0.195 e. The van der Waals surface area contributed by atoms with Gasteiger partial charge in [-0.2, -0.15) is 0 Å². The quantitative estimate of drug-likeness (QED) is 0.0155. The molecule has 0 unspecified atom stereocenters. The van der Waals surface area contributed by atoms with E-state index in [-0.39, 0.29) is 0 Å². The predicted octanol–water partition coefficient (Wildman–Crippen LogP) is 8.19. The molecule has 0 amide bonds. The van der Waals surface area contributed by atoms with E-state index in [1.807, 2.05) is 88.4 Å². The molecule has 466 valence electrons. The highest BCUT2D eigenvalue weighted by atomic mass is 15.2. The number of anilines is 4. The second kappa shape index (κ2) is 30.7. The fraction of sp³-hybridized carbons (Fsp3) is 0.438. The lowest BCUT2D eigenvalue weighted by Gasteiger charge is -2.16. The normalized spacial score (nSPS) is 12.8. The maximum Gasteiger partial charge on any atom is 0.195 e. The lowest BCUT2D eigenvalue weighted by Crippen LogP contribution is -2.33. The van der Waals surface area contributed by atoms with Crippen LogP contribution >= 0.6 is 0 Å². The van der Waals surface area contributed by atoms with Gasteiger partial charge in [0.1, 0.15) is 22.6 Å². The Morgan fingerprint density at radius 2 is 0.659 bits per heavy atom. The first kappa shape index (κ1) is 63.7. The van der Waals surface area contributed by atoms with Crippen molar-refractivity contribution in [1.82, 2.24) is 80.7 Å². The van der Waals surface area contributed by atoms with Crippen LogP contribution in [-0.4, -0.2) is 218 Å². The highest BCUT2D eigenvalue weighted by Gasteiger charge is 2.27. The molecule has 3 aromatic heterocycles. The van der Waals surface area contributed by atoms with Crippen LogP contribution < -0.4 is 42.5 Å². The SMILES string of the molecule is CCN=C(NCCCN(C)C)Nc1cccc2c1-c1nc-2nc2[nH]c(nc3nc(nc4[nH]c(n1)c1cccc(NC(=NCC)NCCCN(C)C)c41)-c1cccc(NC(=NCC)NCCCN(C)C)c1-3)c1cccc(NC(=NCC)NCCCN(C)C)c21. The largest absolute Gasteiger partial charge is 0.356 e. The standard InChI is InChI=1S/C64H90N24/c1-13-65-61(69-33-21-37-85(5)6)73-45-29-17-25-41-49(45)57-77-53(41)82-58-51-43(27-19-31-47(51)75-63(67-15-3)71-35-23-39-87(9)10)55(79-58)84-60-52-44(28-20-32-48(52)76-64(68-16-4)72-36-24-40-88(11)12)56(80-60)83-59-50-42(54(78-59)81-57)26-18-30-46(50)74-62(66-14-2)70-34-22-38-86(7)8/h17-20,25-32H,13-16,21-24,33-40H2,1-12H3,(H2,65,69,73)(H2,66,70,74)(H2,67,71,75)(H2,68,72,76)(H2,77,78,79,80,81,82,83,84). The van der Waals surface area contributed by atoms with Crippen molar-refractivity contribution in [3.05, 3.63) is 72.8 Å². The van der Waals surface area contributed by atoms with E-state index in [4.69, 9.17) is 49.9 Å². The summed E-state index contributed by atoms with van der Waals surface area (Å²) in [7, 11) is 16.7. The lowest BCUT2D eigenvalue weighted by molar-refractivity contribution is 0.400. The molecule has 0 saturated carbocycles. The van der Waals surface area contributed by atoms with E-state index in [2.05, 4.69) is 141 Å². The molecule has 0 spiro atoms. The van der Waals surface area contributed by atoms with Crippen molar-refractivity contribution in [2.45, 2.75) is 53.4 Å². The Labute approximate surface area is 517 Å². The van der Waals surface area contributed by atoms with Crippen molar-refractivity contribution in [3.8, 4) is 45.6 Å². The number of aromatic nitrogens is 8. The van der Waals surface area contributed by atoms with Gasteiger partial charge in [-0.3, -0.25) is 20.0 Å². The molecule has 0 radical (unpaired) electrons. The van der Waals surface area contributed by atoms with Crippen LogP contribution in [0.1, 0.15) is 53.4 Å². The van der Waals surface area contributed by atoms with E-state index < -0.39 is 0 Å². The van der Waals surface area contributed by atoms with Crippen molar-refractivity contribution in [2.75, 3.05) is 156 Å². The number of hydrogen-bond donors (Lipinski definition) is 10. The number of aliphatic imine (C=N–C) groups is 4. The minimum atomic E-state index is 0.435. The van der Waals surface area contributed by atoms with Gasteiger partial charge in [0.05, 0.1) is 44.6 Å². The number of H-pyrrole nitrogens is 2. The average Bonchev–Trinajstić information content (AvgIpc) is 1.71. The summed E-state index contributed by atoms with van der Waals surface area (Å²) < 4.78 is 0. The topological polar surface area (TPSA) is 268 Å². The Morgan fingerprint density at radius 1 is 0.364 bits per heavy atom. The number of aromatic amines is 2. The first-order chi connectivity index (χ1) is 42.7. The molecule has 24 heteroatoms. The van der Waals surface area contributed by atoms with Crippen LogP contribution in [0.5, 0.6) is 0 Å². The van der Waals surface area contributed by atoms with Gasteiger partial charge in [0, 0.05) is 74.3 Å². The average molecular weight is 1200 g/mol. The number of nitrogens with one attached hydrogen (secondary N) is 10. The molecule has 8 bridgehead atoms. The van der Waals surface area contributed by atoms with E-state index >= 15 is 0 Å². The zero-order valence-corrected chi connectivity index (χ0v) is 53.5. The van der Waals surface area contributed by atoms with E-state index in [0.717, 1.165) is 145 Å². The zero-order valence-electron chi connectivity index (χ0n) is 53.5. The molecule has 0 fully saturated rings. The van der Waals surface area contributed by atoms with Crippen molar-refractivity contribution < 1.29 is 0 Å². The molecule has 2 aliphatic rings. The Hall–Kier alpha value is -8.84. The molecule has 0 aliphatic carbocycles. The first-order valence-electron chi connectivity index (χ1n) is 30.9. The Bertz CT molecular complexity index is 3570. The van der Waals surface area contributed by atoms with E-state index in [1.54, 1.807) is 0 Å². The maximum atomic E-state index is 5.53. The van der Waals surface area contributed by atoms with Crippen LogP contribution in [0.3, 0.4) is 0 Å². The van der Waals surface area contributed by atoms with Gasteiger partial charge in [-0.15, -0.1) is 0 Å². The van der Waals surface area contributed by atoms with E-state index in [1.165, 1.54) is 0 Å². The van der Waals surface area contributed by atoms with Crippen LogP contribution in [0, 0.1) is 0 Å². The lowest BCUT2D eigenvalue weighted by atomic mass is 10.1. The number of benzene rings is 4. The summed E-state index contributed by atoms with van der Waals surface area (Å²) in [5.74, 6) is 4.36. The molecule has 7 aromatic rings. The summed E-state index contributed by atoms with van der Waals surface area (Å²) in [5.41, 5.74) is 8.22. The molecule has 0 atom stereocenters. The first-order valence-corrected chi connectivity index (χ1v) is 30.9. The molecule has 4 aromatic carbocycles. The minimum Gasteiger partial charge on any atom is -0.356 e. The Morgan fingerprint density at radius 3 is 0.977 bits per heavy atom. The van der Waals surface area contributed by atoms with Gasteiger partial charge in [0.25, 0.3) is 0 Å². The van der Waals surface area contributed by atoms with Gasteiger partial charge in [0.2, 0.25) is 0 Å². The molecule has 24 nitrogen and oxygen atoms in total. The summed E-state index contributed by atoms with van der Waals surface area (Å²) in [4.78, 5) is 68.6. The van der Waals surface area contributed by atoms with Crippen LogP contribution in [0.2, 0.25) is 0 Å². The van der Waals surface area contributed by atoms with Gasteiger partial charge in [-0.1, -0.05) is 48.5 Å². The monoisotopic (exact) mass is 1190 g/mol. The molecular weight excluding hydrogens is 1100 g/mol. The molecule has 0 saturated heterocycles. The van der Waals surface area contributed by atoms with Gasteiger partial charge >= 0.3 is 0 Å². The summed E-state index contributed by atoms with van der Waals surface area (Å²) in [6.07, 6.45) is 3.72. The Kier molecular flexibility index (Phi) is 22.2. The molecule has 5 heterocycles. The number of fused-ring (bicyclic) bond motifs is 20. The summed E-state index contributed by atoms with van der Waals surface area (Å²) in [5, 5.41) is 32.1. The van der Waals surface area contributed by atoms with E-state index in [9.17, 15) is 0 Å². The van der Waals surface area contributed by atoms with Crippen LogP contribution in [0.15, 0.2) is 92.8 Å². The number of guanidine groups is 4. The van der Waals surface area contributed by atoms with Gasteiger partial charge in [0.15, 0.2) is 47.1 Å². The van der Waals surface area contributed by atoms with Crippen LogP contribution in [-0.2, 0) is 0 Å². The highest BCUT2D eigenvalue weighted by Crippen LogP contribution is 2.43. The summed E-state index contributed by atoms with van der Waals surface area (Å²) >= 11 is 0. The zero-order chi connectivity index (χ0) is 62.1. The number of rotatable bonds is 24. The fourth-order valence-corrected chi connectivity index (χ4v) is 10.5. The van der Waals surface area contributed by atoms with Crippen molar-refractivity contribution in [1.29, 1.82) is 0 Å². The van der Waals surface area contributed by atoms with Crippen molar-refractivity contribution >= 4 is 90.7 Å². The van der Waals surface area contributed by atoms with E-state index in [0.29, 0.717) is 95.9 Å². The van der Waals surface area contributed by atoms with Crippen LogP contribution in [0.4, 0.5) is 22.7 Å². The molecule has 88 heavy (non-hydrogen) atoms. The number of nitrogens with zero attached hydrogens (tertiary/aromatic N) is 14. The number of hydrogen-bond acceptors (Lipinski definition) is 14. The molecular formula is C64H90N24. The van der Waals surface area contributed by atoms with Gasteiger partial charge < -0.3 is 72.1 Å². The highest BCUT2D eigenvalue weighted by molar-refractivity contribution is 6.16. The maximum absolute atomic E-state index is 5.53. The van der Waals surface area contributed by atoms with Crippen LogP contribution in [0.25, 0.3) is 89.7 Å². The summed E-state index contributed by atoms with van der Waals surface area (Å²) in [6.45, 7) is 17.0. The van der Waals surface area contributed by atoms with Crippen molar-refractivity contribution in [2.24, 2.45) is 20.0 Å². The molecule has 2 aliphatic heterocycles. The summed E-state index contributed by atoms with van der Waals surface area (Å²) in [6, 6.07) is 24.4. The minimum absolute atomic E-state index is 0.435. The second-order valence-electron chi connectivity index (χ2n) is 22.6. The fourth-order valence-electron chi connectivity index (χ4n) is 10.5. The Balaban J connectivity index is 1.34. The third kappa shape index (κ3) is 16.0. The molecule has 10 N–H and O–H groups in total. The second-order valence-corrected chi connectivity index (χ2v) is 22.6. The third-order valence-corrected chi connectivity index (χ3v) is 14.5. The third-order valence-electron chi connectivity index (χ3n) is 14.5. The van der Waals surface area contributed by atoms with Gasteiger partial charge in [-0.25, -0.2) is 29.9 Å².